The third kappa shape index (κ3) is 4.61. The zero-order valence-electron chi connectivity index (χ0n) is 17.3. The number of rotatable bonds is 3. The molecule has 0 radical (unpaired) electrons. The molecule has 0 atom stereocenters. The summed E-state index contributed by atoms with van der Waals surface area (Å²) in [5.41, 5.74) is -0.356. The number of carbonyl (C=O) groups is 1. The van der Waals surface area contributed by atoms with E-state index in [1.165, 1.54) is 19.4 Å². The molecule has 0 aliphatic carbocycles. The van der Waals surface area contributed by atoms with Gasteiger partial charge in [0.2, 0.25) is 0 Å². The minimum atomic E-state index is -5.05. The van der Waals surface area contributed by atoms with E-state index in [1.807, 2.05) is 32.0 Å². The van der Waals surface area contributed by atoms with Crippen LogP contribution in [0.3, 0.4) is 0 Å². The molecular weight excluding hydrogens is 434 g/mol. The third-order valence-electron chi connectivity index (χ3n) is 5.20. The van der Waals surface area contributed by atoms with Crippen molar-refractivity contribution in [2.45, 2.75) is 26.2 Å². The first-order valence-electron chi connectivity index (χ1n) is 9.39. The molecule has 0 aliphatic rings. The minimum absolute atomic E-state index is 0.0115. The maximum Gasteiger partial charge on any atom is 0.416 e. The van der Waals surface area contributed by atoms with Crippen LogP contribution < -0.4 is 4.90 Å². The van der Waals surface area contributed by atoms with Crippen LogP contribution in [0.15, 0.2) is 54.9 Å². The molecule has 0 fully saturated rings. The van der Waals surface area contributed by atoms with Crippen molar-refractivity contribution in [2.24, 2.45) is 0 Å². The first kappa shape index (κ1) is 23.3. The zero-order chi connectivity index (χ0) is 23.8. The van der Waals surface area contributed by atoms with Crippen LogP contribution in [0.1, 0.15) is 32.6 Å². The van der Waals surface area contributed by atoms with Gasteiger partial charge in [0.15, 0.2) is 0 Å². The summed E-state index contributed by atoms with van der Waals surface area (Å²) in [7, 11) is 1.28. The van der Waals surface area contributed by atoms with Crippen molar-refractivity contribution in [1.29, 1.82) is 0 Å². The topological polar surface area (TPSA) is 33.2 Å². The summed E-state index contributed by atoms with van der Waals surface area (Å²) in [5, 5.41) is 0. The van der Waals surface area contributed by atoms with Crippen molar-refractivity contribution in [3.05, 3.63) is 82.7 Å². The van der Waals surface area contributed by atoms with Crippen LogP contribution in [0.2, 0.25) is 0 Å². The first-order valence-corrected chi connectivity index (χ1v) is 9.39. The fourth-order valence-corrected chi connectivity index (χ4v) is 3.31. The van der Waals surface area contributed by atoms with Gasteiger partial charge in [0, 0.05) is 24.4 Å². The molecule has 3 rings (SSSR count). The molecule has 0 bridgehead atoms. The quantitative estimate of drug-likeness (QED) is 0.416. The SMILES string of the molecule is Cc1cccc(-c2ccncc2N(C)C(=O)c2cc(C(F)(F)F)cc(C(F)(F)F)c2)c1C. The Morgan fingerprint density at radius 2 is 1.47 bits per heavy atom. The second-order valence-corrected chi connectivity index (χ2v) is 7.30. The maximum absolute atomic E-state index is 13.2. The summed E-state index contributed by atoms with van der Waals surface area (Å²) >= 11 is 0. The van der Waals surface area contributed by atoms with Gasteiger partial charge in [-0.25, -0.2) is 0 Å². The molecule has 0 N–H and O–H groups in total. The van der Waals surface area contributed by atoms with Crippen molar-refractivity contribution in [3.63, 3.8) is 0 Å². The number of benzene rings is 2. The van der Waals surface area contributed by atoms with Gasteiger partial charge in [-0.15, -0.1) is 0 Å². The van der Waals surface area contributed by atoms with Gasteiger partial charge in [0.1, 0.15) is 0 Å². The Labute approximate surface area is 180 Å². The van der Waals surface area contributed by atoms with E-state index in [0.717, 1.165) is 21.6 Å². The molecule has 9 heteroatoms. The van der Waals surface area contributed by atoms with Crippen molar-refractivity contribution in [1.82, 2.24) is 4.98 Å². The smallest absolute Gasteiger partial charge is 0.309 e. The molecule has 3 aromatic rings. The number of halogens is 6. The highest BCUT2D eigenvalue weighted by Gasteiger charge is 2.38. The van der Waals surface area contributed by atoms with Gasteiger partial charge in [0.05, 0.1) is 23.0 Å². The Bertz CT molecular complexity index is 1140. The third-order valence-corrected chi connectivity index (χ3v) is 5.20. The molecule has 0 unspecified atom stereocenters. The number of hydrogen-bond acceptors (Lipinski definition) is 2. The fraction of sp³-hybridized carbons (Fsp3) is 0.217. The van der Waals surface area contributed by atoms with E-state index < -0.39 is 35.0 Å². The second-order valence-electron chi connectivity index (χ2n) is 7.30. The number of nitrogens with zero attached hydrogens (tertiary/aromatic N) is 2. The van der Waals surface area contributed by atoms with Crippen LogP contribution in [0.4, 0.5) is 32.0 Å². The second kappa shape index (κ2) is 8.29. The Kier molecular flexibility index (Phi) is 6.04. The summed E-state index contributed by atoms with van der Waals surface area (Å²) in [4.78, 5) is 18.0. The lowest BCUT2D eigenvalue weighted by Crippen LogP contribution is -2.28. The monoisotopic (exact) mass is 452 g/mol. The summed E-state index contributed by atoms with van der Waals surface area (Å²) in [6.45, 7) is 3.77. The van der Waals surface area contributed by atoms with Gasteiger partial charge in [-0.05, 0) is 54.8 Å². The van der Waals surface area contributed by atoms with Crippen LogP contribution in [0, 0.1) is 13.8 Å². The van der Waals surface area contributed by atoms with Crippen LogP contribution in [0.25, 0.3) is 11.1 Å². The van der Waals surface area contributed by atoms with Gasteiger partial charge < -0.3 is 4.90 Å². The molecule has 2 aromatic carbocycles. The van der Waals surface area contributed by atoms with E-state index in [0.29, 0.717) is 17.7 Å². The number of alkyl halides is 6. The predicted molar refractivity (Wildman–Crippen MR) is 108 cm³/mol. The standard InChI is InChI=1S/C23H18F6N2O/c1-13-5-4-6-18(14(13)2)19-7-8-30-12-20(19)31(3)21(32)15-9-16(22(24,25)26)11-17(10-15)23(27,28)29/h4-12H,1-3H3. The molecule has 1 heterocycles. The molecule has 1 aromatic heterocycles. The average molecular weight is 452 g/mol. The van der Waals surface area contributed by atoms with E-state index in [-0.39, 0.29) is 11.8 Å². The Hall–Kier alpha value is -3.36. The van der Waals surface area contributed by atoms with Gasteiger partial charge in [-0.3, -0.25) is 9.78 Å². The number of aryl methyl sites for hydroxylation is 1. The summed E-state index contributed by atoms with van der Waals surface area (Å²) in [6.07, 6.45) is -7.27. The maximum atomic E-state index is 13.2. The molecule has 0 spiro atoms. The summed E-state index contributed by atoms with van der Waals surface area (Å²) < 4.78 is 79.1. The van der Waals surface area contributed by atoms with Gasteiger partial charge >= 0.3 is 12.4 Å². The normalized spacial score (nSPS) is 12.0. The van der Waals surface area contributed by atoms with Crippen molar-refractivity contribution in [3.8, 4) is 11.1 Å². The number of pyridine rings is 1. The highest BCUT2D eigenvalue weighted by molar-refractivity contribution is 6.08. The molecule has 0 saturated heterocycles. The average Bonchev–Trinajstić information content (AvgIpc) is 2.73. The van der Waals surface area contributed by atoms with Crippen LogP contribution in [-0.4, -0.2) is 17.9 Å². The van der Waals surface area contributed by atoms with E-state index in [1.54, 1.807) is 6.07 Å². The molecule has 168 valence electrons. The van der Waals surface area contributed by atoms with E-state index in [2.05, 4.69) is 4.98 Å². The highest BCUT2D eigenvalue weighted by Crippen LogP contribution is 2.38. The van der Waals surface area contributed by atoms with Crippen molar-refractivity contribution >= 4 is 11.6 Å². The largest absolute Gasteiger partial charge is 0.416 e. The molecule has 0 aliphatic heterocycles. The number of amides is 1. The van der Waals surface area contributed by atoms with E-state index >= 15 is 0 Å². The van der Waals surface area contributed by atoms with E-state index in [4.69, 9.17) is 0 Å². The van der Waals surface area contributed by atoms with E-state index in [9.17, 15) is 31.1 Å². The van der Waals surface area contributed by atoms with Crippen molar-refractivity contribution < 1.29 is 31.1 Å². The molecule has 1 amide bonds. The van der Waals surface area contributed by atoms with Crippen LogP contribution in [-0.2, 0) is 12.4 Å². The van der Waals surface area contributed by atoms with Crippen LogP contribution >= 0.6 is 0 Å². The highest BCUT2D eigenvalue weighted by atomic mass is 19.4. The van der Waals surface area contributed by atoms with Gasteiger partial charge in [-0.1, -0.05) is 18.2 Å². The Balaban J connectivity index is 2.12. The van der Waals surface area contributed by atoms with Crippen molar-refractivity contribution in [2.75, 3.05) is 11.9 Å². The first-order chi connectivity index (χ1) is 14.8. The molecular formula is C23H18F6N2O. The molecule has 32 heavy (non-hydrogen) atoms. The Morgan fingerprint density at radius 1 is 0.875 bits per heavy atom. The molecule has 0 saturated carbocycles. The zero-order valence-corrected chi connectivity index (χ0v) is 17.3. The van der Waals surface area contributed by atoms with Crippen LogP contribution in [0.5, 0.6) is 0 Å². The van der Waals surface area contributed by atoms with Gasteiger partial charge in [0.25, 0.3) is 5.91 Å². The number of hydrogen-bond donors (Lipinski definition) is 0. The summed E-state index contributed by atoms with van der Waals surface area (Å²) in [5.74, 6) is -1.03. The lowest BCUT2D eigenvalue weighted by Gasteiger charge is -2.22. The predicted octanol–water partition coefficient (Wildman–Crippen LogP) is 6.68. The minimum Gasteiger partial charge on any atom is -0.309 e. The Morgan fingerprint density at radius 3 is 2.03 bits per heavy atom. The lowest BCUT2D eigenvalue weighted by molar-refractivity contribution is -0.143. The number of anilines is 1. The number of aromatic nitrogens is 1. The summed E-state index contributed by atoms with van der Waals surface area (Å²) in [6, 6.07) is 7.98. The number of carbonyl (C=O) groups excluding carboxylic acids is 1. The lowest BCUT2D eigenvalue weighted by atomic mass is 9.96. The van der Waals surface area contributed by atoms with Gasteiger partial charge in [-0.2, -0.15) is 26.3 Å². The fourth-order valence-electron chi connectivity index (χ4n) is 3.31. The molecule has 3 nitrogen and oxygen atoms in total.